The smallest absolute Gasteiger partial charge is 0.287 e. The van der Waals surface area contributed by atoms with Crippen molar-refractivity contribution < 1.29 is 115 Å². The Morgan fingerprint density at radius 3 is 0.878 bits per heavy atom. The van der Waals surface area contributed by atoms with Crippen LogP contribution in [0.15, 0.2) is 170 Å². The SMILES string of the molecule is FC(F)(F)c1cc([B-](c2cc(C(F)(F)F)cc(C(F)(F)F)c2)(c2cc(C(F)(F)F)cc(C(F)(F)F)c2)c2cc(C(F)(F)F)cc(C(F)(F)F)c2)cc(C(F)(F)F)c1.O=C(C[n+]1c(-c2ccccc2)ccc2ccccc21)c1ccccc1. The summed E-state index contributed by atoms with van der Waals surface area (Å²) in [7, 11) is 0. The lowest BCUT2D eigenvalue weighted by Gasteiger charge is -2.46. The van der Waals surface area contributed by atoms with E-state index < -0.39 is 195 Å². The first-order chi connectivity index (χ1) is 37.6. The fraction of sp³-hybridized carbons (Fsp3) is 0.164. The third-order valence-corrected chi connectivity index (χ3v) is 12.8. The summed E-state index contributed by atoms with van der Waals surface area (Å²) in [6.07, 6.45) is -54.8. The molecule has 2 nitrogen and oxygen atoms in total. The summed E-state index contributed by atoms with van der Waals surface area (Å²) in [6, 6.07) is 23.3. The van der Waals surface area contributed by atoms with Gasteiger partial charge >= 0.3 is 49.4 Å². The van der Waals surface area contributed by atoms with Crippen LogP contribution in [0.3, 0.4) is 0 Å². The molecule has 0 unspecified atom stereocenters. The summed E-state index contributed by atoms with van der Waals surface area (Å²) in [5.74, 6) is 0.110. The summed E-state index contributed by atoms with van der Waals surface area (Å²) in [5, 5.41) is 1.13. The van der Waals surface area contributed by atoms with Crippen LogP contribution in [0.25, 0.3) is 22.2 Å². The van der Waals surface area contributed by atoms with Crippen LogP contribution in [-0.2, 0) is 56.0 Å². The highest BCUT2D eigenvalue weighted by Crippen LogP contribution is 2.41. The van der Waals surface area contributed by atoms with Crippen molar-refractivity contribution in [3.8, 4) is 11.3 Å². The number of halogens is 24. The average molecular weight is 1190 g/mol. The molecule has 0 atom stereocenters. The minimum absolute atomic E-state index is 0.110. The molecular weight excluding hydrogens is 1160 g/mol. The molecule has 82 heavy (non-hydrogen) atoms. The highest BCUT2D eigenvalue weighted by Gasteiger charge is 2.47. The summed E-state index contributed by atoms with van der Waals surface area (Å²) < 4.78 is 343. The lowest BCUT2D eigenvalue weighted by atomic mass is 9.12. The number of pyridine rings is 1. The maximum absolute atomic E-state index is 14.2. The predicted molar refractivity (Wildman–Crippen MR) is 250 cm³/mol. The van der Waals surface area contributed by atoms with Crippen LogP contribution in [-0.4, -0.2) is 11.9 Å². The van der Waals surface area contributed by atoms with Crippen molar-refractivity contribution in [1.29, 1.82) is 0 Å². The van der Waals surface area contributed by atoms with Crippen molar-refractivity contribution in [3.05, 3.63) is 220 Å². The Bertz CT molecular complexity index is 3190. The van der Waals surface area contributed by atoms with Crippen LogP contribution in [0.1, 0.15) is 54.9 Å². The van der Waals surface area contributed by atoms with Crippen molar-refractivity contribution >= 4 is 44.7 Å². The molecule has 0 aliphatic carbocycles. The fourth-order valence-corrected chi connectivity index (χ4v) is 9.22. The van der Waals surface area contributed by atoms with Crippen LogP contribution in [0.2, 0.25) is 0 Å². The molecule has 0 radical (unpaired) electrons. The molecule has 0 aliphatic rings. The van der Waals surface area contributed by atoms with Gasteiger partial charge in [0.2, 0.25) is 23.5 Å². The number of aromatic nitrogens is 1. The van der Waals surface area contributed by atoms with Gasteiger partial charge in [0, 0.05) is 28.6 Å². The molecule has 0 fully saturated rings. The lowest BCUT2D eigenvalue weighted by Crippen LogP contribution is -2.75. The van der Waals surface area contributed by atoms with Gasteiger partial charge in [0.15, 0.2) is 0 Å². The van der Waals surface area contributed by atoms with Gasteiger partial charge in [0.1, 0.15) is 6.15 Å². The summed E-state index contributed by atoms with van der Waals surface area (Å²) in [6.45, 7) is 0.315. The van der Waals surface area contributed by atoms with Crippen LogP contribution < -0.4 is 26.4 Å². The normalized spacial score (nSPS) is 13.2. The highest BCUT2D eigenvalue weighted by atomic mass is 19.4. The molecule has 432 valence electrons. The Morgan fingerprint density at radius 1 is 0.317 bits per heavy atom. The van der Waals surface area contributed by atoms with E-state index in [0.717, 1.165) is 27.7 Å². The standard InChI is InChI=1S/C32H12BF24.C23H18NO/c34-25(35,36)13-1-14(26(37,38)39)6-21(5-13)33(22-7-15(27(40,41)42)2-16(8-22)28(43,44)45,23-9-17(29(46,47)48)3-18(10-23)30(49,50)51)24-11-19(31(52,53)54)4-20(12-24)32(55,56)57;25-23(20-12-5-2-6-13-20)17-24-21-14-8-7-11-19(21)15-16-22(24)18-9-3-1-4-10-18/h1-12H;1-16H,17H2/q-1;+1. The number of alkyl halides is 24. The third kappa shape index (κ3) is 13.5. The van der Waals surface area contributed by atoms with E-state index in [0.29, 0.717) is 6.54 Å². The Balaban J connectivity index is 0.000000318. The molecule has 8 rings (SSSR count). The molecule has 8 aromatic rings. The number of ketones is 1. The van der Waals surface area contributed by atoms with Gasteiger partial charge in [-0.2, -0.15) is 132 Å². The molecule has 0 N–H and O–H groups in total. The number of hydrogen-bond acceptors (Lipinski definition) is 1. The summed E-state index contributed by atoms with van der Waals surface area (Å²) in [5.41, 5.74) is -26.3. The molecule has 0 bridgehead atoms. The summed E-state index contributed by atoms with van der Waals surface area (Å²) >= 11 is 0. The molecule has 0 saturated heterocycles. The van der Waals surface area contributed by atoms with Crippen molar-refractivity contribution in [1.82, 2.24) is 0 Å². The molecular formula is C55H30BF24NO. The van der Waals surface area contributed by atoms with Gasteiger partial charge in [-0.05, 0) is 48.5 Å². The van der Waals surface area contributed by atoms with Crippen molar-refractivity contribution in [3.63, 3.8) is 0 Å². The van der Waals surface area contributed by atoms with Crippen molar-refractivity contribution in [2.24, 2.45) is 0 Å². The zero-order chi connectivity index (χ0) is 61.0. The predicted octanol–water partition coefficient (Wildman–Crippen LogP) is 15.9. The molecule has 1 heterocycles. The Hall–Kier alpha value is -8.00. The quantitative estimate of drug-likeness (QED) is 0.0643. The van der Waals surface area contributed by atoms with Gasteiger partial charge in [-0.25, -0.2) is 0 Å². The van der Waals surface area contributed by atoms with Crippen LogP contribution in [0, 0.1) is 0 Å². The second-order valence-corrected chi connectivity index (χ2v) is 18.2. The number of fused-ring (bicyclic) bond motifs is 1. The molecule has 7 aromatic carbocycles. The minimum atomic E-state index is -6.13. The second-order valence-electron chi connectivity index (χ2n) is 18.2. The maximum atomic E-state index is 14.2. The van der Waals surface area contributed by atoms with E-state index in [1.807, 2.05) is 60.7 Å². The molecule has 27 heteroatoms. The number of Topliss-reactive ketones (excluding diaryl/α,β-unsaturated/α-hetero) is 1. The number of rotatable bonds is 8. The molecule has 1 aromatic heterocycles. The maximum Gasteiger partial charge on any atom is 0.416 e. The Kier molecular flexibility index (Phi) is 16.3. The second kappa shape index (κ2) is 21.7. The van der Waals surface area contributed by atoms with Crippen LogP contribution >= 0.6 is 0 Å². The number of nitrogens with zero attached hydrogens (tertiary/aromatic N) is 1. The molecule has 0 aliphatic heterocycles. The number of carbonyl (C=O) groups is 1. The first kappa shape index (κ1) is 61.6. The zero-order valence-corrected chi connectivity index (χ0v) is 40.4. The fourth-order valence-electron chi connectivity index (χ4n) is 9.22. The number of carbonyl (C=O) groups excluding carboxylic acids is 1. The van der Waals surface area contributed by atoms with Gasteiger partial charge in [-0.3, -0.25) is 4.79 Å². The van der Waals surface area contributed by atoms with E-state index in [4.69, 9.17) is 0 Å². The van der Waals surface area contributed by atoms with E-state index in [1.165, 1.54) is 0 Å². The average Bonchev–Trinajstić information content (AvgIpc) is 1.22. The third-order valence-electron chi connectivity index (χ3n) is 12.8. The first-order valence-electron chi connectivity index (χ1n) is 23.0. The number of benzene rings is 7. The van der Waals surface area contributed by atoms with Gasteiger partial charge in [-0.15, -0.1) is 0 Å². The molecule has 0 amide bonds. The minimum Gasteiger partial charge on any atom is -0.287 e. The number of para-hydroxylation sites is 1. The Labute approximate surface area is 445 Å². The van der Waals surface area contributed by atoms with Gasteiger partial charge in [0.25, 0.3) is 0 Å². The lowest BCUT2D eigenvalue weighted by molar-refractivity contribution is -0.646. The largest absolute Gasteiger partial charge is 0.416 e. The van der Waals surface area contributed by atoms with Crippen molar-refractivity contribution in [2.75, 3.05) is 0 Å². The van der Waals surface area contributed by atoms with E-state index >= 15 is 0 Å². The number of hydrogen-bond donors (Lipinski definition) is 0. The Morgan fingerprint density at radius 2 is 0.585 bits per heavy atom. The van der Waals surface area contributed by atoms with E-state index in [1.54, 1.807) is 0 Å². The van der Waals surface area contributed by atoms with Gasteiger partial charge < -0.3 is 0 Å². The van der Waals surface area contributed by atoms with Gasteiger partial charge in [0.05, 0.1) is 44.5 Å². The van der Waals surface area contributed by atoms with E-state index in [2.05, 4.69) is 41.0 Å². The summed E-state index contributed by atoms with van der Waals surface area (Å²) in [4.78, 5) is 12.8. The molecule has 0 saturated carbocycles. The van der Waals surface area contributed by atoms with E-state index in [9.17, 15) is 110 Å². The topological polar surface area (TPSA) is 20.9 Å². The first-order valence-corrected chi connectivity index (χ1v) is 23.0. The van der Waals surface area contributed by atoms with Gasteiger partial charge in [-0.1, -0.05) is 109 Å². The van der Waals surface area contributed by atoms with Crippen LogP contribution in [0.5, 0.6) is 0 Å². The zero-order valence-electron chi connectivity index (χ0n) is 40.4. The monoisotopic (exact) mass is 1190 g/mol. The van der Waals surface area contributed by atoms with E-state index in [-0.39, 0.29) is 5.78 Å². The van der Waals surface area contributed by atoms with Crippen molar-refractivity contribution in [2.45, 2.75) is 56.0 Å². The van der Waals surface area contributed by atoms with Crippen LogP contribution in [0.4, 0.5) is 105 Å². The molecule has 0 spiro atoms. The highest BCUT2D eigenvalue weighted by molar-refractivity contribution is 7.20.